The SMILES string of the molecule is COC(=O)[C@@H](Cc1ccccc1[N+](=O)[O-])NC(=O)[C@@H](Cc1cccc(F)c1)NC(C)=O. The highest BCUT2D eigenvalue weighted by Gasteiger charge is 2.29. The van der Waals surface area contributed by atoms with Crippen molar-refractivity contribution >= 4 is 23.5 Å². The molecule has 164 valence electrons. The van der Waals surface area contributed by atoms with Gasteiger partial charge in [-0.05, 0) is 17.7 Å². The van der Waals surface area contributed by atoms with Gasteiger partial charge in [0.1, 0.15) is 17.9 Å². The smallest absolute Gasteiger partial charge is 0.328 e. The van der Waals surface area contributed by atoms with Gasteiger partial charge < -0.3 is 15.4 Å². The summed E-state index contributed by atoms with van der Waals surface area (Å²) in [6.45, 7) is 1.22. The fourth-order valence-electron chi connectivity index (χ4n) is 3.04. The summed E-state index contributed by atoms with van der Waals surface area (Å²) in [7, 11) is 1.12. The summed E-state index contributed by atoms with van der Waals surface area (Å²) < 4.78 is 18.2. The van der Waals surface area contributed by atoms with Crippen molar-refractivity contribution in [3.8, 4) is 0 Å². The van der Waals surface area contributed by atoms with Gasteiger partial charge in [0.2, 0.25) is 11.8 Å². The van der Waals surface area contributed by atoms with E-state index in [4.69, 9.17) is 4.74 Å². The molecule has 0 aliphatic carbocycles. The Kier molecular flexibility index (Phi) is 8.18. The van der Waals surface area contributed by atoms with Crippen LogP contribution in [-0.2, 0) is 32.0 Å². The first kappa shape index (κ1) is 23.5. The molecule has 0 aliphatic heterocycles. The number of hydrogen-bond donors (Lipinski definition) is 2. The molecule has 0 unspecified atom stereocenters. The first-order valence-electron chi connectivity index (χ1n) is 9.33. The molecule has 2 aromatic rings. The molecule has 2 aromatic carbocycles. The van der Waals surface area contributed by atoms with E-state index in [1.165, 1.54) is 43.3 Å². The maximum absolute atomic E-state index is 13.5. The second kappa shape index (κ2) is 10.8. The van der Waals surface area contributed by atoms with Gasteiger partial charge >= 0.3 is 5.97 Å². The Morgan fingerprint density at radius 1 is 1.06 bits per heavy atom. The average molecular weight is 431 g/mol. The molecular weight excluding hydrogens is 409 g/mol. The van der Waals surface area contributed by atoms with Gasteiger partial charge in [0.05, 0.1) is 12.0 Å². The predicted octanol–water partition coefficient (Wildman–Crippen LogP) is 1.68. The topological polar surface area (TPSA) is 128 Å². The summed E-state index contributed by atoms with van der Waals surface area (Å²) in [4.78, 5) is 47.3. The van der Waals surface area contributed by atoms with Gasteiger partial charge in [-0.3, -0.25) is 19.7 Å². The van der Waals surface area contributed by atoms with Crippen molar-refractivity contribution in [2.75, 3.05) is 7.11 Å². The number of nitrogens with one attached hydrogen (secondary N) is 2. The van der Waals surface area contributed by atoms with Crippen LogP contribution in [0, 0.1) is 15.9 Å². The number of carbonyl (C=O) groups is 3. The molecule has 2 atom stereocenters. The maximum atomic E-state index is 13.5. The summed E-state index contributed by atoms with van der Waals surface area (Å²) in [6.07, 6.45) is -0.217. The lowest BCUT2D eigenvalue weighted by Crippen LogP contribution is -2.53. The summed E-state index contributed by atoms with van der Waals surface area (Å²) in [5.74, 6) is -2.51. The Balaban J connectivity index is 2.24. The van der Waals surface area contributed by atoms with Crippen LogP contribution in [0.25, 0.3) is 0 Å². The zero-order valence-corrected chi connectivity index (χ0v) is 17.0. The Bertz CT molecular complexity index is 981. The van der Waals surface area contributed by atoms with Crippen LogP contribution in [0.1, 0.15) is 18.1 Å². The van der Waals surface area contributed by atoms with Crippen molar-refractivity contribution < 1.29 is 28.4 Å². The highest BCUT2D eigenvalue weighted by atomic mass is 19.1. The molecule has 10 heteroatoms. The van der Waals surface area contributed by atoms with Gasteiger partial charge in [0.25, 0.3) is 5.69 Å². The second-order valence-electron chi connectivity index (χ2n) is 6.76. The maximum Gasteiger partial charge on any atom is 0.328 e. The van der Waals surface area contributed by atoms with Crippen LogP contribution in [0.4, 0.5) is 10.1 Å². The van der Waals surface area contributed by atoms with Gasteiger partial charge in [-0.1, -0.05) is 30.3 Å². The highest BCUT2D eigenvalue weighted by molar-refractivity contribution is 5.90. The van der Waals surface area contributed by atoms with E-state index in [1.54, 1.807) is 12.1 Å². The Labute approximate surface area is 177 Å². The summed E-state index contributed by atoms with van der Waals surface area (Å²) in [5.41, 5.74) is 0.482. The standard InChI is InChI=1S/C21H22FN3O6/c1-13(26)23-17(11-14-6-5-8-16(22)10-14)20(27)24-18(21(28)31-2)12-15-7-3-4-9-19(15)25(29)30/h3-10,17-18H,11-12H2,1-2H3,(H,23,26)(H,24,27)/t17-,18-/m1/s1. The van der Waals surface area contributed by atoms with Crippen molar-refractivity contribution in [2.24, 2.45) is 0 Å². The molecule has 0 saturated heterocycles. The zero-order chi connectivity index (χ0) is 23.0. The van der Waals surface area contributed by atoms with Crippen LogP contribution < -0.4 is 10.6 Å². The predicted molar refractivity (Wildman–Crippen MR) is 108 cm³/mol. The number of rotatable bonds is 9. The average Bonchev–Trinajstić information content (AvgIpc) is 2.72. The van der Waals surface area contributed by atoms with Crippen LogP contribution in [0.2, 0.25) is 0 Å². The van der Waals surface area contributed by atoms with E-state index < -0.39 is 40.6 Å². The van der Waals surface area contributed by atoms with E-state index in [0.717, 1.165) is 7.11 Å². The van der Waals surface area contributed by atoms with E-state index in [0.29, 0.717) is 5.56 Å². The Hall–Kier alpha value is -3.82. The van der Waals surface area contributed by atoms with Crippen LogP contribution in [0.3, 0.4) is 0 Å². The Morgan fingerprint density at radius 2 is 1.77 bits per heavy atom. The monoisotopic (exact) mass is 431 g/mol. The number of esters is 1. The molecular formula is C21H22FN3O6. The minimum atomic E-state index is -1.23. The van der Waals surface area contributed by atoms with E-state index in [9.17, 15) is 28.9 Å². The third-order valence-electron chi connectivity index (χ3n) is 4.44. The molecule has 2 amide bonds. The third-order valence-corrected chi connectivity index (χ3v) is 4.44. The van der Waals surface area contributed by atoms with Gasteiger partial charge in [0, 0.05) is 31.4 Å². The van der Waals surface area contributed by atoms with Gasteiger partial charge in [-0.2, -0.15) is 0 Å². The first-order chi connectivity index (χ1) is 14.7. The number of halogens is 1. The number of carbonyl (C=O) groups excluding carboxylic acids is 3. The summed E-state index contributed by atoms with van der Waals surface area (Å²) >= 11 is 0. The summed E-state index contributed by atoms with van der Waals surface area (Å²) in [5, 5.41) is 16.2. The fraction of sp³-hybridized carbons (Fsp3) is 0.286. The molecule has 0 aromatic heterocycles. The van der Waals surface area contributed by atoms with Crippen molar-refractivity contribution in [2.45, 2.75) is 31.8 Å². The highest BCUT2D eigenvalue weighted by Crippen LogP contribution is 2.19. The molecule has 9 nitrogen and oxygen atoms in total. The molecule has 0 radical (unpaired) electrons. The number of methoxy groups -OCH3 is 1. The Morgan fingerprint density at radius 3 is 2.39 bits per heavy atom. The minimum absolute atomic E-state index is 0.0252. The number of para-hydroxylation sites is 1. The number of nitrogens with zero attached hydrogens (tertiary/aromatic N) is 1. The molecule has 0 spiro atoms. The van der Waals surface area contributed by atoms with E-state index in [-0.39, 0.29) is 24.1 Å². The quantitative estimate of drug-likeness (QED) is 0.353. The van der Waals surface area contributed by atoms with Crippen molar-refractivity contribution in [1.82, 2.24) is 10.6 Å². The zero-order valence-electron chi connectivity index (χ0n) is 17.0. The van der Waals surface area contributed by atoms with E-state index in [2.05, 4.69) is 10.6 Å². The van der Waals surface area contributed by atoms with Crippen LogP contribution in [-0.4, -0.2) is 41.9 Å². The number of benzene rings is 2. The lowest BCUT2D eigenvalue weighted by Gasteiger charge is -2.22. The molecule has 31 heavy (non-hydrogen) atoms. The molecule has 0 saturated carbocycles. The van der Waals surface area contributed by atoms with E-state index in [1.807, 2.05) is 0 Å². The molecule has 2 rings (SSSR count). The molecule has 0 heterocycles. The number of nitro benzene ring substituents is 1. The van der Waals surface area contributed by atoms with Crippen LogP contribution >= 0.6 is 0 Å². The number of ether oxygens (including phenoxy) is 1. The number of hydrogen-bond acceptors (Lipinski definition) is 6. The van der Waals surface area contributed by atoms with Gasteiger partial charge in [0.15, 0.2) is 0 Å². The first-order valence-corrected chi connectivity index (χ1v) is 9.33. The second-order valence-corrected chi connectivity index (χ2v) is 6.76. The van der Waals surface area contributed by atoms with Crippen molar-refractivity contribution in [3.63, 3.8) is 0 Å². The van der Waals surface area contributed by atoms with Gasteiger partial charge in [-0.25, -0.2) is 9.18 Å². The molecule has 0 bridgehead atoms. The van der Waals surface area contributed by atoms with E-state index >= 15 is 0 Å². The van der Waals surface area contributed by atoms with Gasteiger partial charge in [-0.15, -0.1) is 0 Å². The van der Waals surface area contributed by atoms with Crippen LogP contribution in [0.5, 0.6) is 0 Å². The fourth-order valence-corrected chi connectivity index (χ4v) is 3.04. The summed E-state index contributed by atoms with van der Waals surface area (Å²) in [6, 6.07) is 9.02. The lowest BCUT2D eigenvalue weighted by atomic mass is 10.0. The number of amides is 2. The normalized spacial score (nSPS) is 12.4. The van der Waals surface area contributed by atoms with Crippen molar-refractivity contribution in [1.29, 1.82) is 0 Å². The van der Waals surface area contributed by atoms with Crippen LogP contribution in [0.15, 0.2) is 48.5 Å². The largest absolute Gasteiger partial charge is 0.467 e. The minimum Gasteiger partial charge on any atom is -0.467 e. The number of nitro groups is 1. The third kappa shape index (κ3) is 6.88. The molecule has 2 N–H and O–H groups in total. The molecule has 0 aliphatic rings. The lowest BCUT2D eigenvalue weighted by molar-refractivity contribution is -0.385. The molecule has 0 fully saturated rings. The van der Waals surface area contributed by atoms with Crippen molar-refractivity contribution in [3.05, 3.63) is 75.6 Å².